The lowest BCUT2D eigenvalue weighted by atomic mass is 10.1. The Morgan fingerprint density at radius 3 is 2.93 bits per heavy atom. The molecule has 0 bridgehead atoms. The number of hydrogen-bond acceptors (Lipinski definition) is 4. The molecular weight excluding hydrogens is 408 g/mol. The zero-order valence-corrected chi connectivity index (χ0v) is 17.3. The molecule has 1 aliphatic heterocycles. The number of amides is 1. The van der Waals surface area contributed by atoms with Crippen LogP contribution in [0.1, 0.15) is 27.7 Å². The van der Waals surface area contributed by atoms with E-state index in [-0.39, 0.29) is 17.8 Å². The van der Waals surface area contributed by atoms with E-state index in [4.69, 9.17) is 16.3 Å². The molecule has 1 aliphatic rings. The molecule has 0 saturated heterocycles. The van der Waals surface area contributed by atoms with Crippen LogP contribution in [-0.2, 0) is 11.2 Å². The zero-order chi connectivity index (χ0) is 20.4. The molecule has 29 heavy (non-hydrogen) atoms. The van der Waals surface area contributed by atoms with Gasteiger partial charge < -0.3 is 15.0 Å². The number of ether oxygens (including phenoxy) is 1. The van der Waals surface area contributed by atoms with Crippen molar-refractivity contribution in [1.82, 2.24) is 10.3 Å². The molecule has 3 heterocycles. The van der Waals surface area contributed by atoms with Crippen molar-refractivity contribution in [3.05, 3.63) is 69.8 Å². The molecule has 1 amide bonds. The molecule has 1 aromatic carbocycles. The van der Waals surface area contributed by atoms with Crippen LogP contribution in [0.5, 0.6) is 5.75 Å². The molecule has 0 aliphatic carbocycles. The third kappa shape index (κ3) is 4.44. The van der Waals surface area contributed by atoms with Crippen molar-refractivity contribution in [3.63, 3.8) is 0 Å². The molecule has 5 nitrogen and oxygen atoms in total. The average molecular weight is 427 g/mol. The number of halogens is 1. The molecule has 7 heteroatoms. The quantitative estimate of drug-likeness (QED) is 0.442. The van der Waals surface area contributed by atoms with Crippen molar-refractivity contribution in [2.45, 2.75) is 19.4 Å². The first-order valence-corrected chi connectivity index (χ1v) is 10.4. The molecule has 3 aromatic rings. The molecule has 148 valence electrons. The Balaban J connectivity index is 1.40. The molecule has 0 radical (unpaired) electrons. The first-order valence-electron chi connectivity index (χ1n) is 9.18. The van der Waals surface area contributed by atoms with Crippen LogP contribution in [0, 0.1) is 0 Å². The predicted molar refractivity (Wildman–Crippen MR) is 116 cm³/mol. The van der Waals surface area contributed by atoms with Gasteiger partial charge in [-0.05, 0) is 54.5 Å². The van der Waals surface area contributed by atoms with Crippen molar-refractivity contribution in [2.24, 2.45) is 0 Å². The third-order valence-corrected chi connectivity index (χ3v) is 6.16. The maximum Gasteiger partial charge on any atom is 0.244 e. The summed E-state index contributed by atoms with van der Waals surface area (Å²) in [6.45, 7) is 1.95. The van der Waals surface area contributed by atoms with Crippen molar-refractivity contribution >= 4 is 40.7 Å². The van der Waals surface area contributed by atoms with E-state index >= 15 is 0 Å². The number of ketones is 1. The van der Waals surface area contributed by atoms with E-state index in [1.54, 1.807) is 19.2 Å². The summed E-state index contributed by atoms with van der Waals surface area (Å²) in [6.07, 6.45) is 7.35. The molecule has 0 fully saturated rings. The minimum Gasteiger partial charge on any atom is -0.486 e. The highest BCUT2D eigenvalue weighted by molar-refractivity contribution is 7.17. The summed E-state index contributed by atoms with van der Waals surface area (Å²) in [6, 6.07) is 9.55. The van der Waals surface area contributed by atoms with Gasteiger partial charge in [0.05, 0.1) is 16.4 Å². The first kappa shape index (κ1) is 19.5. The van der Waals surface area contributed by atoms with Crippen LogP contribution in [0.4, 0.5) is 0 Å². The highest BCUT2D eigenvalue weighted by Crippen LogP contribution is 2.41. The maximum absolute atomic E-state index is 12.0. The number of hydrogen-bond donors (Lipinski definition) is 2. The van der Waals surface area contributed by atoms with E-state index in [9.17, 15) is 9.59 Å². The van der Waals surface area contributed by atoms with E-state index < -0.39 is 0 Å². The molecule has 1 unspecified atom stereocenters. The van der Waals surface area contributed by atoms with Crippen LogP contribution in [0.15, 0.2) is 48.8 Å². The third-order valence-electron chi connectivity index (χ3n) is 4.64. The van der Waals surface area contributed by atoms with Crippen molar-refractivity contribution in [2.75, 3.05) is 6.54 Å². The Hall–Kier alpha value is -2.83. The topological polar surface area (TPSA) is 71.2 Å². The summed E-state index contributed by atoms with van der Waals surface area (Å²) in [5.74, 6) is 0.548. The molecular formula is C22H19ClN2O3S. The van der Waals surface area contributed by atoms with E-state index in [1.165, 1.54) is 17.4 Å². The summed E-state index contributed by atoms with van der Waals surface area (Å²) in [7, 11) is 0. The van der Waals surface area contributed by atoms with Crippen LogP contribution >= 0.6 is 22.9 Å². The second-order valence-electron chi connectivity index (χ2n) is 6.83. The molecule has 2 aromatic heterocycles. The number of carbonyl (C=O) groups is 2. The molecule has 0 spiro atoms. The van der Waals surface area contributed by atoms with Gasteiger partial charge in [-0.3, -0.25) is 9.59 Å². The van der Waals surface area contributed by atoms with Crippen LogP contribution in [-0.4, -0.2) is 29.3 Å². The molecule has 4 rings (SSSR count). The number of H-pyrrole nitrogens is 1. The number of rotatable bonds is 6. The number of nitrogens with one attached hydrogen (secondary N) is 2. The fraction of sp³-hybridized carbons (Fsp3) is 0.182. The van der Waals surface area contributed by atoms with Gasteiger partial charge in [0.15, 0.2) is 5.78 Å². The predicted octanol–water partition coefficient (Wildman–Crippen LogP) is 4.73. The van der Waals surface area contributed by atoms with Gasteiger partial charge in [0.1, 0.15) is 11.9 Å². The summed E-state index contributed by atoms with van der Waals surface area (Å²) in [4.78, 5) is 28.2. The lowest BCUT2D eigenvalue weighted by molar-refractivity contribution is -0.116. The van der Waals surface area contributed by atoms with Crippen molar-refractivity contribution in [3.8, 4) is 16.2 Å². The Morgan fingerprint density at radius 2 is 2.21 bits per heavy atom. The van der Waals surface area contributed by atoms with Gasteiger partial charge in [-0.2, -0.15) is 0 Å². The summed E-state index contributed by atoms with van der Waals surface area (Å²) in [5, 5.41) is 3.40. The summed E-state index contributed by atoms with van der Waals surface area (Å²) in [5.41, 5.74) is 2.91. The largest absolute Gasteiger partial charge is 0.486 e. The Morgan fingerprint density at radius 1 is 1.34 bits per heavy atom. The van der Waals surface area contributed by atoms with Crippen LogP contribution in [0.2, 0.25) is 5.02 Å². The second kappa shape index (κ2) is 8.27. The lowest BCUT2D eigenvalue weighted by Crippen LogP contribution is -2.33. The smallest absolute Gasteiger partial charge is 0.244 e. The monoisotopic (exact) mass is 426 g/mol. The van der Waals surface area contributed by atoms with Crippen molar-refractivity contribution < 1.29 is 14.3 Å². The lowest BCUT2D eigenvalue weighted by Gasteiger charge is -2.11. The van der Waals surface area contributed by atoms with Gasteiger partial charge in [0, 0.05) is 35.3 Å². The van der Waals surface area contributed by atoms with Gasteiger partial charge in [-0.15, -0.1) is 11.3 Å². The number of carbonyl (C=O) groups excluding carboxylic acids is 2. The first-order chi connectivity index (χ1) is 14.0. The van der Waals surface area contributed by atoms with Gasteiger partial charge in [-0.25, -0.2) is 0 Å². The Bertz CT molecular complexity index is 1090. The molecule has 1 atom stereocenters. The fourth-order valence-electron chi connectivity index (χ4n) is 3.21. The van der Waals surface area contributed by atoms with Gasteiger partial charge in [-0.1, -0.05) is 11.6 Å². The summed E-state index contributed by atoms with van der Waals surface area (Å²) < 4.78 is 5.95. The number of aromatic nitrogens is 1. The van der Waals surface area contributed by atoms with Crippen molar-refractivity contribution in [1.29, 1.82) is 0 Å². The van der Waals surface area contributed by atoms with E-state index in [0.717, 1.165) is 26.4 Å². The van der Waals surface area contributed by atoms with Crippen LogP contribution in [0.3, 0.4) is 0 Å². The number of thiophene rings is 1. The standard InChI is InChI=1S/C22H19ClN2O3S/c1-13(26)19-3-4-20(29-19)15-8-16-9-17(28-22(16)18(23)10-15)12-25-21(27)5-2-14-6-7-24-11-14/h2-8,10-11,17,24H,9,12H2,1H3,(H,25,27). The van der Waals surface area contributed by atoms with E-state index in [2.05, 4.69) is 10.3 Å². The highest BCUT2D eigenvalue weighted by Gasteiger charge is 2.26. The molecule has 2 N–H and O–H groups in total. The van der Waals surface area contributed by atoms with Gasteiger partial charge >= 0.3 is 0 Å². The van der Waals surface area contributed by atoms with Crippen LogP contribution < -0.4 is 10.1 Å². The molecule has 0 saturated carbocycles. The Kier molecular flexibility index (Phi) is 5.56. The average Bonchev–Trinajstić information content (AvgIpc) is 3.44. The van der Waals surface area contributed by atoms with Gasteiger partial charge in [0.25, 0.3) is 0 Å². The number of benzene rings is 1. The second-order valence-corrected chi connectivity index (χ2v) is 8.32. The SMILES string of the molecule is CC(=O)c1ccc(-c2cc(Cl)c3c(c2)CC(CNC(=O)C=Cc2cc[nH]c2)O3)s1. The minimum absolute atomic E-state index is 0.0539. The van der Waals surface area contributed by atoms with E-state index in [1.807, 2.05) is 36.5 Å². The normalized spacial score (nSPS) is 15.3. The maximum atomic E-state index is 12.0. The Labute approximate surface area is 177 Å². The minimum atomic E-state index is -0.173. The number of fused-ring (bicyclic) bond motifs is 1. The summed E-state index contributed by atoms with van der Waals surface area (Å²) >= 11 is 7.89. The number of aromatic amines is 1. The zero-order valence-electron chi connectivity index (χ0n) is 15.7. The number of Topliss-reactive ketones (excluding diaryl/α,β-unsaturated/α-hetero) is 1. The van der Waals surface area contributed by atoms with E-state index in [0.29, 0.717) is 23.7 Å². The van der Waals surface area contributed by atoms with Crippen LogP contribution in [0.25, 0.3) is 16.5 Å². The van der Waals surface area contributed by atoms with Gasteiger partial charge in [0.2, 0.25) is 5.91 Å². The fourth-order valence-corrected chi connectivity index (χ4v) is 4.38. The highest BCUT2D eigenvalue weighted by atomic mass is 35.5.